The summed E-state index contributed by atoms with van der Waals surface area (Å²) in [5.41, 5.74) is 10.1. The van der Waals surface area contributed by atoms with Crippen molar-refractivity contribution < 1.29 is 4.74 Å². The fourth-order valence-corrected chi connectivity index (χ4v) is 3.67. The number of nitrogens with two attached hydrogens (primary N) is 1. The van der Waals surface area contributed by atoms with Gasteiger partial charge in [-0.15, -0.1) is 0 Å². The molecule has 1 unspecified atom stereocenters. The highest BCUT2D eigenvalue weighted by Gasteiger charge is 2.27. The van der Waals surface area contributed by atoms with Crippen LogP contribution in [0, 0.1) is 19.8 Å². The van der Waals surface area contributed by atoms with Crippen LogP contribution in [0.5, 0.6) is 5.75 Å². The van der Waals surface area contributed by atoms with Gasteiger partial charge in [0.25, 0.3) is 0 Å². The van der Waals surface area contributed by atoms with Gasteiger partial charge in [0.05, 0.1) is 7.11 Å². The quantitative estimate of drug-likeness (QED) is 0.891. The van der Waals surface area contributed by atoms with E-state index in [2.05, 4.69) is 26.0 Å². The molecule has 1 aliphatic carbocycles. The topological polar surface area (TPSA) is 35.2 Å². The van der Waals surface area contributed by atoms with E-state index in [9.17, 15) is 0 Å². The van der Waals surface area contributed by atoms with Crippen molar-refractivity contribution >= 4 is 0 Å². The Morgan fingerprint density at radius 2 is 1.89 bits per heavy atom. The molecule has 106 valence electrons. The molecule has 2 rings (SSSR count). The first kappa shape index (κ1) is 14.4. The molecule has 1 aliphatic rings. The molecule has 2 nitrogen and oxygen atoms in total. The number of rotatable bonds is 4. The van der Waals surface area contributed by atoms with Gasteiger partial charge < -0.3 is 10.5 Å². The van der Waals surface area contributed by atoms with Crippen molar-refractivity contribution in [3.8, 4) is 5.75 Å². The summed E-state index contributed by atoms with van der Waals surface area (Å²) in [5, 5.41) is 0. The molecule has 0 saturated heterocycles. The van der Waals surface area contributed by atoms with Crippen molar-refractivity contribution in [1.82, 2.24) is 0 Å². The number of hydrogen-bond donors (Lipinski definition) is 1. The standard InChI is InChI=1S/C17H27NO/c1-12-9-13(2)17(16(10-12)19-3)15(11-18)14-7-5-4-6-8-14/h9-10,14-15H,4-8,11,18H2,1-3H3. The number of hydrogen-bond acceptors (Lipinski definition) is 2. The SMILES string of the molecule is COc1cc(C)cc(C)c1C(CN)C1CCCCC1. The monoisotopic (exact) mass is 261 g/mol. The summed E-state index contributed by atoms with van der Waals surface area (Å²) in [6, 6.07) is 4.40. The lowest BCUT2D eigenvalue weighted by molar-refractivity contribution is 0.299. The highest BCUT2D eigenvalue weighted by atomic mass is 16.5. The molecule has 1 aromatic rings. The van der Waals surface area contributed by atoms with E-state index in [0.29, 0.717) is 5.92 Å². The zero-order chi connectivity index (χ0) is 13.8. The minimum atomic E-state index is 0.454. The van der Waals surface area contributed by atoms with Crippen molar-refractivity contribution in [1.29, 1.82) is 0 Å². The smallest absolute Gasteiger partial charge is 0.122 e. The first-order chi connectivity index (χ1) is 9.17. The average molecular weight is 261 g/mol. The second-order valence-corrected chi connectivity index (χ2v) is 5.94. The molecule has 2 heteroatoms. The van der Waals surface area contributed by atoms with Gasteiger partial charge in [-0.2, -0.15) is 0 Å². The summed E-state index contributed by atoms with van der Waals surface area (Å²) >= 11 is 0. The van der Waals surface area contributed by atoms with Gasteiger partial charge in [0, 0.05) is 11.5 Å². The number of aryl methyl sites for hydroxylation is 2. The lowest BCUT2D eigenvalue weighted by Crippen LogP contribution is -2.25. The molecule has 1 atom stereocenters. The van der Waals surface area contributed by atoms with Crippen LogP contribution in [0.15, 0.2) is 12.1 Å². The van der Waals surface area contributed by atoms with Crippen molar-refractivity contribution in [2.75, 3.05) is 13.7 Å². The maximum atomic E-state index is 6.11. The van der Waals surface area contributed by atoms with E-state index < -0.39 is 0 Å². The maximum Gasteiger partial charge on any atom is 0.122 e. The van der Waals surface area contributed by atoms with Gasteiger partial charge in [-0.1, -0.05) is 25.3 Å². The minimum absolute atomic E-state index is 0.454. The Balaban J connectivity index is 2.36. The van der Waals surface area contributed by atoms with Crippen LogP contribution in [-0.2, 0) is 0 Å². The molecule has 19 heavy (non-hydrogen) atoms. The van der Waals surface area contributed by atoms with Crippen LogP contribution in [-0.4, -0.2) is 13.7 Å². The van der Waals surface area contributed by atoms with Crippen molar-refractivity contribution in [2.24, 2.45) is 11.7 Å². The molecular formula is C17H27NO. The van der Waals surface area contributed by atoms with E-state index in [-0.39, 0.29) is 0 Å². The van der Waals surface area contributed by atoms with Gasteiger partial charge in [-0.3, -0.25) is 0 Å². The Morgan fingerprint density at radius 1 is 1.21 bits per heavy atom. The first-order valence-electron chi connectivity index (χ1n) is 7.52. The predicted octanol–water partition coefficient (Wildman–Crippen LogP) is 3.93. The Morgan fingerprint density at radius 3 is 2.47 bits per heavy atom. The summed E-state index contributed by atoms with van der Waals surface area (Å²) < 4.78 is 5.63. The molecular weight excluding hydrogens is 234 g/mol. The van der Waals surface area contributed by atoms with E-state index in [1.165, 1.54) is 48.8 Å². The molecule has 0 aromatic heterocycles. The maximum absolute atomic E-state index is 6.11. The van der Waals surface area contributed by atoms with Crippen LogP contribution in [0.1, 0.15) is 54.7 Å². The third-order valence-corrected chi connectivity index (χ3v) is 4.56. The molecule has 0 heterocycles. The Bertz CT molecular complexity index is 422. The highest BCUT2D eigenvalue weighted by Crippen LogP contribution is 2.40. The normalized spacial score (nSPS) is 18.3. The van der Waals surface area contributed by atoms with Crippen molar-refractivity contribution in [2.45, 2.75) is 51.9 Å². The van der Waals surface area contributed by atoms with Gasteiger partial charge >= 0.3 is 0 Å². The van der Waals surface area contributed by atoms with E-state index in [1.807, 2.05) is 0 Å². The molecule has 0 amide bonds. The van der Waals surface area contributed by atoms with E-state index in [0.717, 1.165) is 18.2 Å². The summed E-state index contributed by atoms with van der Waals surface area (Å²) in [6.07, 6.45) is 6.73. The zero-order valence-electron chi connectivity index (χ0n) is 12.5. The first-order valence-corrected chi connectivity index (χ1v) is 7.52. The van der Waals surface area contributed by atoms with E-state index in [1.54, 1.807) is 7.11 Å². The fourth-order valence-electron chi connectivity index (χ4n) is 3.67. The van der Waals surface area contributed by atoms with Gasteiger partial charge in [-0.05, 0) is 56.3 Å². The van der Waals surface area contributed by atoms with E-state index in [4.69, 9.17) is 10.5 Å². The molecule has 0 radical (unpaired) electrons. The third-order valence-electron chi connectivity index (χ3n) is 4.56. The van der Waals surface area contributed by atoms with E-state index >= 15 is 0 Å². The molecule has 0 aliphatic heterocycles. The summed E-state index contributed by atoms with van der Waals surface area (Å²) in [7, 11) is 1.77. The lowest BCUT2D eigenvalue weighted by Gasteiger charge is -2.31. The van der Waals surface area contributed by atoms with Crippen LogP contribution < -0.4 is 10.5 Å². The minimum Gasteiger partial charge on any atom is -0.496 e. The van der Waals surface area contributed by atoms with Gasteiger partial charge in [0.2, 0.25) is 0 Å². The average Bonchev–Trinajstić information content (AvgIpc) is 2.42. The van der Waals surface area contributed by atoms with Crippen molar-refractivity contribution in [3.05, 3.63) is 28.8 Å². The summed E-state index contributed by atoms with van der Waals surface area (Å²) in [6.45, 7) is 5.04. The molecule has 1 aromatic carbocycles. The largest absolute Gasteiger partial charge is 0.496 e. The lowest BCUT2D eigenvalue weighted by atomic mass is 9.75. The predicted molar refractivity (Wildman–Crippen MR) is 80.8 cm³/mol. The van der Waals surface area contributed by atoms with Crippen LogP contribution in [0.3, 0.4) is 0 Å². The summed E-state index contributed by atoms with van der Waals surface area (Å²) in [4.78, 5) is 0. The third kappa shape index (κ3) is 3.11. The fraction of sp³-hybridized carbons (Fsp3) is 0.647. The number of benzene rings is 1. The van der Waals surface area contributed by atoms with Crippen LogP contribution in [0.4, 0.5) is 0 Å². The number of methoxy groups -OCH3 is 1. The Labute approximate surface area is 117 Å². The Kier molecular flexibility index (Phi) is 4.87. The molecule has 1 fully saturated rings. The van der Waals surface area contributed by atoms with Crippen LogP contribution >= 0.6 is 0 Å². The van der Waals surface area contributed by atoms with Gasteiger partial charge in [0.1, 0.15) is 5.75 Å². The van der Waals surface area contributed by atoms with Crippen molar-refractivity contribution in [3.63, 3.8) is 0 Å². The van der Waals surface area contributed by atoms with Gasteiger partial charge in [-0.25, -0.2) is 0 Å². The molecule has 0 spiro atoms. The highest BCUT2D eigenvalue weighted by molar-refractivity contribution is 5.45. The zero-order valence-corrected chi connectivity index (χ0v) is 12.5. The molecule has 0 bridgehead atoms. The number of ether oxygens (including phenoxy) is 1. The van der Waals surface area contributed by atoms with Crippen LogP contribution in [0.25, 0.3) is 0 Å². The summed E-state index contributed by atoms with van der Waals surface area (Å²) in [5.74, 6) is 2.21. The molecule has 2 N–H and O–H groups in total. The second-order valence-electron chi connectivity index (χ2n) is 5.94. The molecule has 1 saturated carbocycles. The Hall–Kier alpha value is -1.02. The van der Waals surface area contributed by atoms with Gasteiger partial charge in [0.15, 0.2) is 0 Å². The second kappa shape index (κ2) is 6.42. The van der Waals surface area contributed by atoms with Crippen LogP contribution in [0.2, 0.25) is 0 Å².